The second-order valence-corrected chi connectivity index (χ2v) is 4.76. The Morgan fingerprint density at radius 1 is 1.29 bits per heavy atom. The second-order valence-electron chi connectivity index (χ2n) is 3.85. The van der Waals surface area contributed by atoms with Crippen LogP contribution in [0.3, 0.4) is 0 Å². The van der Waals surface area contributed by atoms with Gasteiger partial charge in [0.25, 0.3) is 0 Å². The Labute approximate surface area is 91.6 Å². The third-order valence-electron chi connectivity index (χ3n) is 2.80. The Kier molecular flexibility index (Phi) is 2.45. The minimum absolute atomic E-state index is 0.0799. The molecule has 0 atom stereocenters. The van der Waals surface area contributed by atoms with E-state index in [2.05, 4.69) is 15.9 Å². The van der Waals surface area contributed by atoms with Crippen LogP contribution in [0.5, 0.6) is 0 Å². The highest BCUT2D eigenvalue weighted by atomic mass is 79.9. The maximum absolute atomic E-state index is 11.9. The van der Waals surface area contributed by atoms with Crippen LogP contribution in [-0.4, -0.2) is 11.3 Å². The van der Waals surface area contributed by atoms with E-state index in [0.717, 1.165) is 29.3 Å². The van der Waals surface area contributed by atoms with E-state index in [1.807, 2.05) is 24.3 Å². The average molecular weight is 254 g/mol. The number of ketones is 1. The fourth-order valence-electron chi connectivity index (χ4n) is 1.67. The van der Waals surface area contributed by atoms with Crippen molar-refractivity contribution in [2.75, 3.05) is 0 Å². The summed E-state index contributed by atoms with van der Waals surface area (Å²) in [5.74, 6) is 0.0799. The topological polar surface area (TPSA) is 43.1 Å². The number of benzene rings is 1. The summed E-state index contributed by atoms with van der Waals surface area (Å²) in [6.45, 7) is 0. The number of carbonyl (C=O) groups excluding carboxylic acids is 1. The van der Waals surface area contributed by atoms with Crippen LogP contribution >= 0.6 is 15.9 Å². The molecule has 0 heterocycles. The quantitative estimate of drug-likeness (QED) is 0.824. The first-order valence-corrected chi connectivity index (χ1v) is 5.50. The molecule has 1 aliphatic rings. The van der Waals surface area contributed by atoms with Crippen LogP contribution in [0.4, 0.5) is 0 Å². The second kappa shape index (κ2) is 3.48. The zero-order chi connectivity index (χ0) is 10.2. The molecule has 1 saturated carbocycles. The maximum Gasteiger partial charge on any atom is 0.182 e. The molecule has 74 valence electrons. The smallest absolute Gasteiger partial charge is 0.182 e. The van der Waals surface area contributed by atoms with Crippen LogP contribution in [0.15, 0.2) is 28.7 Å². The van der Waals surface area contributed by atoms with Crippen LogP contribution in [0, 0.1) is 0 Å². The van der Waals surface area contributed by atoms with Gasteiger partial charge in [-0.05, 0) is 31.4 Å². The number of hydrogen-bond donors (Lipinski definition) is 1. The molecule has 2 nitrogen and oxygen atoms in total. The molecule has 2 rings (SSSR count). The lowest BCUT2D eigenvalue weighted by Crippen LogP contribution is -2.53. The van der Waals surface area contributed by atoms with E-state index in [1.54, 1.807) is 0 Å². The zero-order valence-corrected chi connectivity index (χ0v) is 9.38. The van der Waals surface area contributed by atoms with Crippen LogP contribution in [-0.2, 0) is 0 Å². The van der Waals surface area contributed by atoms with Crippen LogP contribution in [0.2, 0.25) is 0 Å². The Bertz CT molecular complexity index is 354. The fraction of sp³-hybridized carbons (Fsp3) is 0.364. The zero-order valence-electron chi connectivity index (χ0n) is 7.79. The first kappa shape index (κ1) is 9.87. The Hall–Kier alpha value is -0.670. The summed E-state index contributed by atoms with van der Waals surface area (Å²) >= 11 is 3.33. The van der Waals surface area contributed by atoms with Crippen LogP contribution < -0.4 is 5.73 Å². The fourth-order valence-corrected chi connectivity index (χ4v) is 1.94. The van der Waals surface area contributed by atoms with Gasteiger partial charge in [0.15, 0.2) is 5.78 Å². The lowest BCUT2D eigenvalue weighted by Gasteiger charge is -2.36. The van der Waals surface area contributed by atoms with Crippen molar-refractivity contribution in [3.05, 3.63) is 34.3 Å². The monoisotopic (exact) mass is 253 g/mol. The van der Waals surface area contributed by atoms with Gasteiger partial charge in [-0.3, -0.25) is 4.79 Å². The summed E-state index contributed by atoms with van der Waals surface area (Å²) in [4.78, 5) is 11.9. The van der Waals surface area contributed by atoms with E-state index >= 15 is 0 Å². The molecule has 0 aromatic heterocycles. The number of halogens is 1. The number of hydrogen-bond acceptors (Lipinski definition) is 2. The molecule has 1 aliphatic carbocycles. The molecule has 3 heteroatoms. The molecule has 14 heavy (non-hydrogen) atoms. The van der Waals surface area contributed by atoms with Gasteiger partial charge < -0.3 is 5.73 Å². The molecule has 0 saturated heterocycles. The maximum atomic E-state index is 11.9. The van der Waals surface area contributed by atoms with E-state index in [9.17, 15) is 4.79 Å². The summed E-state index contributed by atoms with van der Waals surface area (Å²) in [5.41, 5.74) is 6.10. The molecule has 0 radical (unpaired) electrons. The molecule has 1 fully saturated rings. The minimum atomic E-state index is -0.576. The summed E-state index contributed by atoms with van der Waals surface area (Å²) in [6.07, 6.45) is 2.71. The largest absolute Gasteiger partial charge is 0.319 e. The molecule has 1 aromatic carbocycles. The highest BCUT2D eigenvalue weighted by molar-refractivity contribution is 9.10. The van der Waals surface area contributed by atoms with Crippen molar-refractivity contribution in [3.63, 3.8) is 0 Å². The molecule has 0 bridgehead atoms. The van der Waals surface area contributed by atoms with E-state index in [4.69, 9.17) is 5.73 Å². The number of carbonyl (C=O) groups is 1. The van der Waals surface area contributed by atoms with Crippen LogP contribution in [0.1, 0.15) is 29.6 Å². The Morgan fingerprint density at radius 3 is 2.29 bits per heavy atom. The SMILES string of the molecule is NC1(C(=O)c2ccc(Br)cc2)CCC1. The lowest BCUT2D eigenvalue weighted by atomic mass is 9.73. The van der Waals surface area contributed by atoms with Gasteiger partial charge in [0.1, 0.15) is 0 Å². The summed E-state index contributed by atoms with van der Waals surface area (Å²) in [6, 6.07) is 7.38. The molecule has 0 spiro atoms. The number of rotatable bonds is 2. The van der Waals surface area contributed by atoms with Crippen molar-refractivity contribution in [1.29, 1.82) is 0 Å². The third kappa shape index (κ3) is 1.62. The summed E-state index contributed by atoms with van der Waals surface area (Å²) in [7, 11) is 0. The van der Waals surface area contributed by atoms with Crippen molar-refractivity contribution in [2.45, 2.75) is 24.8 Å². The van der Waals surface area contributed by atoms with Crippen molar-refractivity contribution >= 4 is 21.7 Å². The summed E-state index contributed by atoms with van der Waals surface area (Å²) in [5, 5.41) is 0. The Morgan fingerprint density at radius 2 is 1.86 bits per heavy atom. The predicted molar refractivity (Wildman–Crippen MR) is 59.2 cm³/mol. The first-order chi connectivity index (χ1) is 6.62. The van der Waals surface area contributed by atoms with Gasteiger partial charge in [0.05, 0.1) is 5.54 Å². The van der Waals surface area contributed by atoms with Crippen molar-refractivity contribution in [2.24, 2.45) is 5.73 Å². The van der Waals surface area contributed by atoms with Gasteiger partial charge in [0, 0.05) is 10.0 Å². The normalized spacial score (nSPS) is 18.7. The first-order valence-electron chi connectivity index (χ1n) is 4.71. The lowest BCUT2D eigenvalue weighted by molar-refractivity contribution is 0.0801. The van der Waals surface area contributed by atoms with Gasteiger partial charge in [-0.25, -0.2) is 0 Å². The molecule has 2 N–H and O–H groups in total. The molecular weight excluding hydrogens is 242 g/mol. The molecular formula is C11H12BrNO. The highest BCUT2D eigenvalue weighted by Crippen LogP contribution is 2.32. The van der Waals surface area contributed by atoms with Crippen molar-refractivity contribution < 1.29 is 4.79 Å². The van der Waals surface area contributed by atoms with E-state index in [0.29, 0.717) is 0 Å². The van der Waals surface area contributed by atoms with Crippen molar-refractivity contribution in [3.8, 4) is 0 Å². The molecule has 1 aromatic rings. The Balaban J connectivity index is 2.23. The van der Waals surface area contributed by atoms with Gasteiger partial charge in [-0.1, -0.05) is 28.1 Å². The van der Waals surface area contributed by atoms with Gasteiger partial charge in [-0.2, -0.15) is 0 Å². The molecule has 0 unspecified atom stereocenters. The van der Waals surface area contributed by atoms with Gasteiger partial charge >= 0.3 is 0 Å². The molecule has 0 aliphatic heterocycles. The average Bonchev–Trinajstić information content (AvgIpc) is 2.14. The van der Waals surface area contributed by atoms with E-state index < -0.39 is 5.54 Å². The van der Waals surface area contributed by atoms with Gasteiger partial charge in [-0.15, -0.1) is 0 Å². The highest BCUT2D eigenvalue weighted by Gasteiger charge is 2.40. The summed E-state index contributed by atoms with van der Waals surface area (Å²) < 4.78 is 0.980. The van der Waals surface area contributed by atoms with E-state index in [1.165, 1.54) is 0 Å². The minimum Gasteiger partial charge on any atom is -0.319 e. The number of nitrogens with two attached hydrogens (primary N) is 1. The number of Topliss-reactive ketones (excluding diaryl/α,β-unsaturated/α-hetero) is 1. The van der Waals surface area contributed by atoms with Crippen molar-refractivity contribution in [1.82, 2.24) is 0 Å². The third-order valence-corrected chi connectivity index (χ3v) is 3.33. The van der Waals surface area contributed by atoms with Crippen LogP contribution in [0.25, 0.3) is 0 Å². The predicted octanol–water partition coefficient (Wildman–Crippen LogP) is 2.51. The van der Waals surface area contributed by atoms with E-state index in [-0.39, 0.29) is 5.78 Å². The molecule has 0 amide bonds. The van der Waals surface area contributed by atoms with Gasteiger partial charge in [0.2, 0.25) is 0 Å². The standard InChI is InChI=1S/C11H12BrNO/c12-9-4-2-8(3-5-9)10(14)11(13)6-1-7-11/h2-5H,1,6-7,13H2.